The van der Waals surface area contributed by atoms with Gasteiger partial charge in [0.1, 0.15) is 18.3 Å². The standard InChI is InChI=1S/C10H13N5O6/c11-8-13-7(19)9-10(14-8,21-9)15(2-12-9)6-5(18)4(17)3(1-16)20-6/h2-6,16-18H,1H2,(H3,11,13,14,19)/t3-,4-,5-,6-,9?,10?/m1/s1. The summed E-state index contributed by atoms with van der Waals surface area (Å²) in [6, 6.07) is 0. The van der Waals surface area contributed by atoms with Crippen LogP contribution in [0.2, 0.25) is 0 Å². The number of guanidine groups is 1. The van der Waals surface area contributed by atoms with Gasteiger partial charge in [-0.2, -0.15) is 4.99 Å². The Hall–Kier alpha value is -1.79. The summed E-state index contributed by atoms with van der Waals surface area (Å²) >= 11 is 0. The van der Waals surface area contributed by atoms with Gasteiger partial charge >= 0.3 is 11.6 Å². The highest BCUT2D eigenvalue weighted by Gasteiger charge is 2.85. The Morgan fingerprint density at radius 1 is 1.48 bits per heavy atom. The molecule has 2 saturated heterocycles. The third kappa shape index (κ3) is 1.32. The largest absolute Gasteiger partial charge is 0.394 e. The summed E-state index contributed by atoms with van der Waals surface area (Å²) in [5.74, 6) is -2.22. The Bertz CT molecular complexity index is 582. The maximum atomic E-state index is 11.9. The van der Waals surface area contributed by atoms with E-state index in [4.69, 9.17) is 20.3 Å². The summed E-state index contributed by atoms with van der Waals surface area (Å²) in [5, 5.41) is 31.3. The summed E-state index contributed by atoms with van der Waals surface area (Å²) in [5.41, 5.74) is 3.99. The molecule has 11 nitrogen and oxygen atoms in total. The number of carbonyl (C=O) groups is 1. The lowest BCUT2D eigenvalue weighted by Crippen LogP contribution is -2.57. The quantitative estimate of drug-likeness (QED) is 0.319. The Balaban J connectivity index is 1.68. The molecule has 4 aliphatic rings. The summed E-state index contributed by atoms with van der Waals surface area (Å²) < 4.78 is 10.8. The maximum Gasteiger partial charge on any atom is 0.316 e. The Morgan fingerprint density at radius 2 is 2.24 bits per heavy atom. The van der Waals surface area contributed by atoms with Gasteiger partial charge in [-0.3, -0.25) is 19.7 Å². The number of carbonyl (C=O) groups excluding carboxylic acids is 1. The molecule has 0 spiro atoms. The molecule has 6 N–H and O–H groups in total. The van der Waals surface area contributed by atoms with Gasteiger partial charge in [-0.25, -0.2) is 4.99 Å². The number of hydrogen-bond acceptors (Lipinski definition) is 10. The molecule has 4 heterocycles. The van der Waals surface area contributed by atoms with Gasteiger partial charge in [0.25, 0.3) is 5.91 Å². The van der Waals surface area contributed by atoms with Crippen molar-refractivity contribution in [2.24, 2.45) is 15.7 Å². The average Bonchev–Trinajstić information content (AvgIpc) is 2.89. The first-order valence-electron chi connectivity index (χ1n) is 6.28. The molecule has 0 bridgehead atoms. The van der Waals surface area contributed by atoms with E-state index in [2.05, 4.69) is 15.3 Å². The molecule has 4 aliphatic heterocycles. The fourth-order valence-corrected chi connectivity index (χ4v) is 2.89. The first-order valence-corrected chi connectivity index (χ1v) is 6.28. The van der Waals surface area contributed by atoms with E-state index in [0.717, 1.165) is 0 Å². The van der Waals surface area contributed by atoms with Gasteiger partial charge in [0, 0.05) is 0 Å². The highest BCUT2D eigenvalue weighted by atomic mass is 16.7. The van der Waals surface area contributed by atoms with Crippen molar-refractivity contribution in [1.29, 1.82) is 0 Å². The van der Waals surface area contributed by atoms with Gasteiger partial charge in [-0.1, -0.05) is 0 Å². The smallest absolute Gasteiger partial charge is 0.316 e. The Labute approximate surface area is 117 Å². The van der Waals surface area contributed by atoms with E-state index >= 15 is 0 Å². The molecule has 11 heteroatoms. The van der Waals surface area contributed by atoms with Gasteiger partial charge < -0.3 is 25.8 Å². The predicted octanol–water partition coefficient (Wildman–Crippen LogP) is -4.41. The number of ether oxygens (including phenoxy) is 2. The van der Waals surface area contributed by atoms with Crippen LogP contribution in [0.3, 0.4) is 0 Å². The van der Waals surface area contributed by atoms with Crippen molar-refractivity contribution in [1.82, 2.24) is 10.2 Å². The SMILES string of the molecule is NC1=NC23OC2(N=CN3[C@@H]2O[C@H](CO)[C@@H](O)[C@H]2O)C(=O)N1. The lowest BCUT2D eigenvalue weighted by atomic mass is 10.1. The molecular formula is C10H13N5O6. The first-order chi connectivity index (χ1) is 9.95. The van der Waals surface area contributed by atoms with Crippen molar-refractivity contribution >= 4 is 18.2 Å². The van der Waals surface area contributed by atoms with Crippen molar-refractivity contribution in [3.8, 4) is 0 Å². The number of rotatable bonds is 2. The lowest BCUT2D eigenvalue weighted by Gasteiger charge is -2.30. The van der Waals surface area contributed by atoms with E-state index in [-0.39, 0.29) is 5.96 Å². The third-order valence-corrected chi connectivity index (χ3v) is 4.02. The zero-order valence-corrected chi connectivity index (χ0v) is 10.6. The predicted molar refractivity (Wildman–Crippen MR) is 64.4 cm³/mol. The van der Waals surface area contributed by atoms with E-state index in [1.807, 2.05) is 0 Å². The number of nitrogens with two attached hydrogens (primary N) is 1. The number of nitrogens with one attached hydrogen (secondary N) is 1. The fourth-order valence-electron chi connectivity index (χ4n) is 2.89. The summed E-state index contributed by atoms with van der Waals surface area (Å²) in [7, 11) is 0. The summed E-state index contributed by atoms with van der Waals surface area (Å²) in [4.78, 5) is 21.2. The van der Waals surface area contributed by atoms with Crippen LogP contribution < -0.4 is 11.1 Å². The lowest BCUT2D eigenvalue weighted by molar-refractivity contribution is -0.125. The van der Waals surface area contributed by atoms with Crippen molar-refractivity contribution < 1.29 is 29.6 Å². The minimum Gasteiger partial charge on any atom is -0.394 e. The molecule has 0 aromatic heterocycles. The van der Waals surface area contributed by atoms with Gasteiger partial charge in [-0.15, -0.1) is 0 Å². The second-order valence-corrected chi connectivity index (χ2v) is 5.19. The van der Waals surface area contributed by atoms with Crippen molar-refractivity contribution in [3.63, 3.8) is 0 Å². The average molecular weight is 299 g/mol. The zero-order valence-electron chi connectivity index (χ0n) is 10.6. The van der Waals surface area contributed by atoms with E-state index in [9.17, 15) is 15.0 Å². The van der Waals surface area contributed by atoms with Crippen LogP contribution in [-0.4, -0.2) is 81.1 Å². The number of nitrogens with zero attached hydrogens (tertiary/aromatic N) is 3. The Kier molecular flexibility index (Phi) is 2.27. The minimum atomic E-state index is -1.54. The highest BCUT2D eigenvalue weighted by Crippen LogP contribution is 2.58. The van der Waals surface area contributed by atoms with Crippen LogP contribution in [0.1, 0.15) is 0 Å². The highest BCUT2D eigenvalue weighted by molar-refractivity contribution is 6.07. The number of aliphatic hydroxyl groups is 3. The van der Waals surface area contributed by atoms with Crippen LogP contribution >= 0.6 is 0 Å². The topological polar surface area (TPSA) is 166 Å². The molecule has 2 unspecified atom stereocenters. The fraction of sp³-hybridized carbons (Fsp3) is 0.700. The van der Waals surface area contributed by atoms with Crippen LogP contribution in [0.4, 0.5) is 0 Å². The molecule has 4 rings (SSSR count). The van der Waals surface area contributed by atoms with Crippen LogP contribution in [0, 0.1) is 0 Å². The molecule has 0 radical (unpaired) electrons. The Morgan fingerprint density at radius 3 is 2.90 bits per heavy atom. The molecule has 114 valence electrons. The van der Waals surface area contributed by atoms with E-state index in [1.54, 1.807) is 0 Å². The van der Waals surface area contributed by atoms with E-state index < -0.39 is 48.6 Å². The molecule has 21 heavy (non-hydrogen) atoms. The van der Waals surface area contributed by atoms with Crippen LogP contribution in [-0.2, 0) is 14.3 Å². The summed E-state index contributed by atoms with van der Waals surface area (Å²) in [6.45, 7) is -0.468. The van der Waals surface area contributed by atoms with Crippen LogP contribution in [0.15, 0.2) is 9.98 Å². The molecule has 2 fully saturated rings. The van der Waals surface area contributed by atoms with Crippen LogP contribution in [0.25, 0.3) is 0 Å². The summed E-state index contributed by atoms with van der Waals surface area (Å²) in [6.07, 6.45) is -3.39. The molecule has 0 aromatic carbocycles. The minimum absolute atomic E-state index is 0.143. The normalized spacial score (nSPS) is 50.5. The number of aliphatic imine (C=N–C) groups is 2. The van der Waals surface area contributed by atoms with E-state index in [1.165, 1.54) is 11.2 Å². The molecular weight excluding hydrogens is 286 g/mol. The maximum absolute atomic E-state index is 11.9. The third-order valence-electron chi connectivity index (χ3n) is 4.02. The van der Waals surface area contributed by atoms with Crippen molar-refractivity contribution in [3.05, 3.63) is 0 Å². The zero-order chi connectivity index (χ0) is 15.0. The molecule has 1 amide bonds. The number of aliphatic hydroxyl groups excluding tert-OH is 3. The number of epoxide rings is 1. The van der Waals surface area contributed by atoms with Gasteiger partial charge in [-0.05, 0) is 0 Å². The van der Waals surface area contributed by atoms with Crippen LogP contribution in [0.5, 0.6) is 0 Å². The first kappa shape index (κ1) is 12.9. The van der Waals surface area contributed by atoms with E-state index in [0.29, 0.717) is 0 Å². The van der Waals surface area contributed by atoms with Gasteiger partial charge in [0.15, 0.2) is 12.2 Å². The van der Waals surface area contributed by atoms with Gasteiger partial charge in [0.2, 0.25) is 0 Å². The second-order valence-electron chi connectivity index (χ2n) is 5.19. The monoisotopic (exact) mass is 299 g/mol. The van der Waals surface area contributed by atoms with Crippen molar-refractivity contribution in [2.45, 2.75) is 36.1 Å². The van der Waals surface area contributed by atoms with Crippen molar-refractivity contribution in [2.75, 3.05) is 6.61 Å². The molecule has 0 saturated carbocycles. The molecule has 0 aromatic rings. The molecule has 0 aliphatic carbocycles. The second kappa shape index (κ2) is 3.69. The number of hydrogen-bond donors (Lipinski definition) is 5. The molecule has 6 atom stereocenters. The van der Waals surface area contributed by atoms with Gasteiger partial charge in [0.05, 0.1) is 12.9 Å². The number of amides is 1.